The van der Waals surface area contributed by atoms with Gasteiger partial charge in [-0.25, -0.2) is 4.79 Å². The number of carbonyl (C=O) groups excluding carboxylic acids is 1. The van der Waals surface area contributed by atoms with Crippen LogP contribution >= 0.6 is 15.9 Å². The molecule has 1 aromatic carbocycles. The van der Waals surface area contributed by atoms with E-state index >= 15 is 0 Å². The van der Waals surface area contributed by atoms with Gasteiger partial charge in [-0.3, -0.25) is 4.79 Å². The van der Waals surface area contributed by atoms with Crippen LogP contribution in [0.15, 0.2) is 28.7 Å². The van der Waals surface area contributed by atoms with Gasteiger partial charge in [0.25, 0.3) is 5.91 Å². The number of carboxylic acid groups (broad SMARTS) is 1. The zero-order chi connectivity index (χ0) is 12.4. The summed E-state index contributed by atoms with van der Waals surface area (Å²) in [4.78, 5) is 24.7. The van der Waals surface area contributed by atoms with Crippen LogP contribution in [0.4, 0.5) is 0 Å². The van der Waals surface area contributed by atoms with E-state index in [9.17, 15) is 9.59 Å². The first kappa shape index (κ1) is 12.1. The second-order valence-corrected chi connectivity index (χ2v) is 4.83. The summed E-state index contributed by atoms with van der Waals surface area (Å²) < 4.78 is 0.695. The number of nitrogens with zero attached hydrogens (tertiary/aromatic N) is 1. The van der Waals surface area contributed by atoms with Gasteiger partial charge in [0, 0.05) is 11.0 Å². The first-order valence-electron chi connectivity index (χ1n) is 5.39. The number of amides is 1. The molecule has 0 saturated carbocycles. The number of hydrogen-bond acceptors (Lipinski definition) is 2. The summed E-state index contributed by atoms with van der Waals surface area (Å²) in [6, 6.07) is 6.38. The lowest BCUT2D eigenvalue weighted by molar-refractivity contribution is -0.141. The molecule has 1 aliphatic heterocycles. The Bertz CT molecular complexity index is 461. The van der Waals surface area contributed by atoms with Crippen LogP contribution in [0, 0.1) is 0 Å². The van der Waals surface area contributed by atoms with Crippen molar-refractivity contribution in [1.29, 1.82) is 0 Å². The third kappa shape index (κ3) is 2.34. The van der Waals surface area contributed by atoms with Crippen molar-refractivity contribution in [3.8, 4) is 0 Å². The molecule has 0 radical (unpaired) electrons. The van der Waals surface area contributed by atoms with Crippen molar-refractivity contribution in [2.45, 2.75) is 18.9 Å². The third-order valence-electron chi connectivity index (χ3n) is 2.90. The Labute approximate surface area is 107 Å². The zero-order valence-corrected chi connectivity index (χ0v) is 10.7. The molecule has 1 saturated heterocycles. The molecule has 1 heterocycles. The molecule has 0 bridgehead atoms. The number of benzene rings is 1. The van der Waals surface area contributed by atoms with Crippen LogP contribution < -0.4 is 0 Å². The van der Waals surface area contributed by atoms with E-state index in [0.717, 1.165) is 6.42 Å². The molecule has 4 nitrogen and oxygen atoms in total. The van der Waals surface area contributed by atoms with E-state index in [0.29, 0.717) is 23.0 Å². The molecule has 0 aromatic heterocycles. The van der Waals surface area contributed by atoms with Gasteiger partial charge in [-0.2, -0.15) is 0 Å². The Morgan fingerprint density at radius 3 is 2.71 bits per heavy atom. The first-order valence-corrected chi connectivity index (χ1v) is 6.19. The largest absolute Gasteiger partial charge is 0.480 e. The Morgan fingerprint density at radius 1 is 1.35 bits per heavy atom. The maximum atomic E-state index is 12.2. The molecule has 0 aliphatic carbocycles. The molecule has 17 heavy (non-hydrogen) atoms. The van der Waals surface area contributed by atoms with Crippen molar-refractivity contribution in [3.05, 3.63) is 34.3 Å². The van der Waals surface area contributed by atoms with Crippen LogP contribution in [0.1, 0.15) is 23.2 Å². The van der Waals surface area contributed by atoms with Crippen LogP contribution in [0.25, 0.3) is 0 Å². The predicted octanol–water partition coefficient (Wildman–Crippen LogP) is 2.14. The Hall–Kier alpha value is -1.36. The maximum absolute atomic E-state index is 12.2. The smallest absolute Gasteiger partial charge is 0.326 e. The van der Waals surface area contributed by atoms with Gasteiger partial charge in [-0.05, 0) is 40.9 Å². The number of likely N-dealkylation sites (tertiary alicyclic amines) is 1. The van der Waals surface area contributed by atoms with Crippen molar-refractivity contribution < 1.29 is 14.7 Å². The molecule has 1 fully saturated rings. The molecule has 1 aliphatic rings. The summed E-state index contributed by atoms with van der Waals surface area (Å²) in [5, 5.41) is 9.04. The van der Waals surface area contributed by atoms with Crippen molar-refractivity contribution in [1.82, 2.24) is 4.90 Å². The third-order valence-corrected chi connectivity index (χ3v) is 3.59. The molecule has 0 unspecified atom stereocenters. The van der Waals surface area contributed by atoms with Crippen molar-refractivity contribution in [2.24, 2.45) is 0 Å². The van der Waals surface area contributed by atoms with E-state index in [1.165, 1.54) is 4.90 Å². The predicted molar refractivity (Wildman–Crippen MR) is 65.8 cm³/mol. The zero-order valence-electron chi connectivity index (χ0n) is 9.10. The van der Waals surface area contributed by atoms with Gasteiger partial charge in [-0.15, -0.1) is 0 Å². The number of carboxylic acids is 1. The van der Waals surface area contributed by atoms with Gasteiger partial charge < -0.3 is 10.0 Å². The second-order valence-electron chi connectivity index (χ2n) is 3.97. The van der Waals surface area contributed by atoms with Gasteiger partial charge in [0.2, 0.25) is 0 Å². The molecular formula is C12H12BrNO3. The summed E-state index contributed by atoms with van der Waals surface area (Å²) >= 11 is 3.31. The van der Waals surface area contributed by atoms with Crippen molar-refractivity contribution in [3.63, 3.8) is 0 Å². The van der Waals surface area contributed by atoms with E-state index in [1.807, 2.05) is 6.07 Å². The highest BCUT2D eigenvalue weighted by molar-refractivity contribution is 9.10. The highest BCUT2D eigenvalue weighted by atomic mass is 79.9. The van der Waals surface area contributed by atoms with Gasteiger partial charge in [-0.1, -0.05) is 12.1 Å². The van der Waals surface area contributed by atoms with Crippen LogP contribution in [-0.4, -0.2) is 34.5 Å². The van der Waals surface area contributed by atoms with E-state index in [1.54, 1.807) is 18.2 Å². The average Bonchev–Trinajstić information content (AvgIpc) is 2.77. The van der Waals surface area contributed by atoms with Crippen LogP contribution in [0.2, 0.25) is 0 Å². The van der Waals surface area contributed by atoms with Gasteiger partial charge >= 0.3 is 5.97 Å². The lowest BCUT2D eigenvalue weighted by Gasteiger charge is -2.21. The van der Waals surface area contributed by atoms with Gasteiger partial charge in [0.1, 0.15) is 6.04 Å². The van der Waals surface area contributed by atoms with E-state index in [-0.39, 0.29) is 5.91 Å². The minimum absolute atomic E-state index is 0.220. The molecule has 0 spiro atoms. The average molecular weight is 298 g/mol. The second kappa shape index (κ2) is 4.87. The Kier molecular flexibility index (Phi) is 3.47. The van der Waals surface area contributed by atoms with Crippen LogP contribution in [0.3, 0.4) is 0 Å². The van der Waals surface area contributed by atoms with Crippen molar-refractivity contribution >= 4 is 27.8 Å². The number of halogens is 1. The molecular weight excluding hydrogens is 286 g/mol. The maximum Gasteiger partial charge on any atom is 0.326 e. The number of hydrogen-bond donors (Lipinski definition) is 1. The highest BCUT2D eigenvalue weighted by Gasteiger charge is 2.34. The molecule has 90 valence electrons. The minimum atomic E-state index is -0.928. The Morgan fingerprint density at radius 2 is 2.06 bits per heavy atom. The highest BCUT2D eigenvalue weighted by Crippen LogP contribution is 2.24. The molecule has 1 aromatic rings. The van der Waals surface area contributed by atoms with E-state index in [2.05, 4.69) is 15.9 Å². The summed E-state index contributed by atoms with van der Waals surface area (Å²) in [5.41, 5.74) is 0.514. The first-order chi connectivity index (χ1) is 8.11. The standard InChI is InChI=1S/C12H12BrNO3/c13-9-5-2-1-4-8(9)11(15)14-7-3-6-10(14)12(16)17/h1-2,4-5,10H,3,6-7H2,(H,16,17)/t10-/m1/s1. The Balaban J connectivity index is 2.26. The summed E-state index contributed by atoms with van der Waals surface area (Å²) in [7, 11) is 0. The molecule has 1 N–H and O–H groups in total. The van der Waals surface area contributed by atoms with Gasteiger partial charge in [0.15, 0.2) is 0 Å². The number of carbonyl (C=O) groups is 2. The normalized spacial score (nSPS) is 19.4. The topological polar surface area (TPSA) is 57.6 Å². The van der Waals surface area contributed by atoms with E-state index in [4.69, 9.17) is 5.11 Å². The minimum Gasteiger partial charge on any atom is -0.480 e. The number of rotatable bonds is 2. The monoisotopic (exact) mass is 297 g/mol. The van der Waals surface area contributed by atoms with E-state index < -0.39 is 12.0 Å². The van der Waals surface area contributed by atoms with Gasteiger partial charge in [0.05, 0.1) is 5.56 Å². The lowest BCUT2D eigenvalue weighted by Crippen LogP contribution is -2.40. The molecule has 1 atom stereocenters. The van der Waals surface area contributed by atoms with Crippen LogP contribution in [0.5, 0.6) is 0 Å². The summed E-state index contributed by atoms with van der Waals surface area (Å²) in [5.74, 6) is -1.15. The fourth-order valence-electron chi connectivity index (χ4n) is 2.06. The SMILES string of the molecule is O=C(O)[C@H]1CCCN1C(=O)c1ccccc1Br. The fourth-order valence-corrected chi connectivity index (χ4v) is 2.51. The number of aliphatic carboxylic acids is 1. The molecule has 1 amide bonds. The summed E-state index contributed by atoms with van der Waals surface area (Å²) in [6.07, 6.45) is 1.28. The molecule has 5 heteroatoms. The quantitative estimate of drug-likeness (QED) is 0.910. The lowest BCUT2D eigenvalue weighted by atomic mass is 10.1. The fraction of sp³-hybridized carbons (Fsp3) is 0.333. The van der Waals surface area contributed by atoms with Crippen LogP contribution in [-0.2, 0) is 4.79 Å². The molecule has 2 rings (SSSR count). The summed E-state index contributed by atoms with van der Waals surface area (Å²) in [6.45, 7) is 0.511. The van der Waals surface area contributed by atoms with Crippen molar-refractivity contribution in [2.75, 3.05) is 6.54 Å².